The molecule has 1 amide bonds. The largest absolute Gasteiger partial charge is 0.486 e. The molecule has 3 aromatic rings. The number of carbonyl (C=O) groups is 1. The summed E-state index contributed by atoms with van der Waals surface area (Å²) in [5, 5.41) is 7.16. The van der Waals surface area contributed by atoms with Crippen LogP contribution in [0.5, 0.6) is 5.75 Å². The van der Waals surface area contributed by atoms with Gasteiger partial charge in [-0.25, -0.2) is 9.50 Å². The second-order valence-corrected chi connectivity index (χ2v) is 6.17. The molecule has 0 spiro atoms. The third kappa shape index (κ3) is 3.36. The zero-order valence-electron chi connectivity index (χ0n) is 14.3. The van der Waals surface area contributed by atoms with Gasteiger partial charge in [0.2, 0.25) is 0 Å². The van der Waals surface area contributed by atoms with Gasteiger partial charge in [-0.3, -0.25) is 9.78 Å². The first-order valence-electron chi connectivity index (χ1n) is 8.47. The normalized spacial score (nSPS) is 20.0. The number of hydrogen-bond donors (Lipinski definition) is 1. The standard InChI is InChI=1S/C18H19N5O3/c1-12-4-5-13(9-19-12)26-16-6-8-25-11-14(16)22-18(24)15-10-20-17-3-2-7-21-23(15)17/h2-5,7,9-10,14,16H,6,8,11H2,1H3,(H,22,24)/t14-,16+/m0/s1. The van der Waals surface area contributed by atoms with Gasteiger partial charge in [-0.2, -0.15) is 5.10 Å². The molecule has 8 nitrogen and oxygen atoms in total. The first-order chi connectivity index (χ1) is 12.7. The molecule has 0 aromatic carbocycles. The minimum absolute atomic E-state index is 0.190. The Hall–Kier alpha value is -3.00. The molecule has 1 aliphatic rings. The maximum Gasteiger partial charge on any atom is 0.272 e. The zero-order chi connectivity index (χ0) is 17.9. The van der Waals surface area contributed by atoms with Crippen LogP contribution in [0.25, 0.3) is 5.65 Å². The minimum Gasteiger partial charge on any atom is -0.486 e. The summed E-state index contributed by atoms with van der Waals surface area (Å²) >= 11 is 0. The molecule has 4 heterocycles. The number of aryl methyl sites for hydroxylation is 1. The van der Waals surface area contributed by atoms with Crippen molar-refractivity contribution in [3.8, 4) is 5.75 Å². The van der Waals surface area contributed by atoms with Crippen LogP contribution in [-0.4, -0.2) is 50.8 Å². The number of pyridine rings is 1. The van der Waals surface area contributed by atoms with Crippen LogP contribution in [0.2, 0.25) is 0 Å². The first kappa shape index (κ1) is 16.5. The lowest BCUT2D eigenvalue weighted by molar-refractivity contribution is -0.00310. The number of amides is 1. The van der Waals surface area contributed by atoms with Crippen LogP contribution in [0, 0.1) is 6.92 Å². The number of ether oxygens (including phenoxy) is 2. The lowest BCUT2D eigenvalue weighted by atomic mass is 10.1. The third-order valence-corrected chi connectivity index (χ3v) is 4.29. The maximum atomic E-state index is 12.7. The summed E-state index contributed by atoms with van der Waals surface area (Å²) in [5.74, 6) is 0.417. The van der Waals surface area contributed by atoms with Crippen LogP contribution in [-0.2, 0) is 4.74 Å². The van der Waals surface area contributed by atoms with Gasteiger partial charge in [0, 0.05) is 18.3 Å². The van der Waals surface area contributed by atoms with Crippen molar-refractivity contribution in [2.75, 3.05) is 13.2 Å². The fraction of sp³-hybridized carbons (Fsp3) is 0.333. The van der Waals surface area contributed by atoms with Gasteiger partial charge < -0.3 is 14.8 Å². The molecule has 0 radical (unpaired) electrons. The van der Waals surface area contributed by atoms with E-state index in [1.165, 1.54) is 10.7 Å². The van der Waals surface area contributed by atoms with Crippen molar-refractivity contribution in [2.45, 2.75) is 25.5 Å². The van der Waals surface area contributed by atoms with Gasteiger partial charge in [0.15, 0.2) is 5.65 Å². The van der Waals surface area contributed by atoms with Crippen LogP contribution in [0.1, 0.15) is 22.6 Å². The average Bonchev–Trinajstić information content (AvgIpc) is 3.09. The van der Waals surface area contributed by atoms with Crippen molar-refractivity contribution >= 4 is 11.6 Å². The summed E-state index contributed by atoms with van der Waals surface area (Å²) in [6.45, 7) is 2.90. The Morgan fingerprint density at radius 1 is 1.31 bits per heavy atom. The highest BCUT2D eigenvalue weighted by Crippen LogP contribution is 2.18. The predicted octanol–water partition coefficient (Wildman–Crippen LogP) is 1.40. The van der Waals surface area contributed by atoms with Crippen LogP contribution in [0.15, 0.2) is 42.9 Å². The Balaban J connectivity index is 1.49. The molecule has 3 aromatic heterocycles. The lowest BCUT2D eigenvalue weighted by Crippen LogP contribution is -2.52. The molecule has 134 valence electrons. The molecular weight excluding hydrogens is 334 g/mol. The monoisotopic (exact) mass is 353 g/mol. The maximum absolute atomic E-state index is 12.7. The lowest BCUT2D eigenvalue weighted by Gasteiger charge is -2.32. The average molecular weight is 353 g/mol. The van der Waals surface area contributed by atoms with Crippen molar-refractivity contribution in [1.82, 2.24) is 24.9 Å². The fourth-order valence-corrected chi connectivity index (χ4v) is 2.92. The SMILES string of the molecule is Cc1ccc(O[C@@H]2CCOC[C@@H]2NC(=O)c2cnc3cccnn23)cn1. The molecule has 2 atom stereocenters. The van der Waals surface area contributed by atoms with E-state index < -0.39 is 0 Å². The molecule has 1 saturated heterocycles. The highest BCUT2D eigenvalue weighted by molar-refractivity contribution is 5.93. The summed E-state index contributed by atoms with van der Waals surface area (Å²) < 4.78 is 13.1. The van der Waals surface area contributed by atoms with Crippen LogP contribution >= 0.6 is 0 Å². The predicted molar refractivity (Wildman–Crippen MR) is 93.1 cm³/mol. The van der Waals surface area contributed by atoms with Crippen LogP contribution < -0.4 is 10.1 Å². The molecule has 0 saturated carbocycles. The van der Waals surface area contributed by atoms with Gasteiger partial charge in [-0.05, 0) is 31.2 Å². The van der Waals surface area contributed by atoms with E-state index in [4.69, 9.17) is 9.47 Å². The Morgan fingerprint density at radius 2 is 2.23 bits per heavy atom. The number of carbonyl (C=O) groups excluding carboxylic acids is 1. The first-order valence-corrected chi connectivity index (χ1v) is 8.47. The van der Waals surface area contributed by atoms with Gasteiger partial charge in [0.1, 0.15) is 17.5 Å². The van der Waals surface area contributed by atoms with Gasteiger partial charge in [0.05, 0.1) is 31.6 Å². The number of fused-ring (bicyclic) bond motifs is 1. The Morgan fingerprint density at radius 3 is 3.08 bits per heavy atom. The highest BCUT2D eigenvalue weighted by Gasteiger charge is 2.30. The number of nitrogens with zero attached hydrogens (tertiary/aromatic N) is 4. The third-order valence-electron chi connectivity index (χ3n) is 4.29. The topological polar surface area (TPSA) is 90.6 Å². The number of hydrogen-bond acceptors (Lipinski definition) is 6. The Bertz CT molecular complexity index is 909. The van der Waals surface area contributed by atoms with E-state index in [9.17, 15) is 4.79 Å². The quantitative estimate of drug-likeness (QED) is 0.762. The van der Waals surface area contributed by atoms with Gasteiger partial charge in [-0.15, -0.1) is 0 Å². The van der Waals surface area contributed by atoms with E-state index in [1.54, 1.807) is 24.5 Å². The molecule has 1 N–H and O–H groups in total. The summed E-state index contributed by atoms with van der Waals surface area (Å²) in [6.07, 6.45) is 5.32. The molecule has 0 aliphatic carbocycles. The molecule has 4 rings (SSSR count). The van der Waals surface area contributed by atoms with Crippen molar-refractivity contribution in [3.05, 3.63) is 54.2 Å². The van der Waals surface area contributed by atoms with Crippen LogP contribution in [0.4, 0.5) is 0 Å². The zero-order valence-corrected chi connectivity index (χ0v) is 14.3. The molecule has 1 aliphatic heterocycles. The Labute approximate surface area is 150 Å². The van der Waals surface area contributed by atoms with Gasteiger partial charge in [0.25, 0.3) is 5.91 Å². The second-order valence-electron chi connectivity index (χ2n) is 6.17. The molecule has 26 heavy (non-hydrogen) atoms. The molecular formula is C18H19N5O3. The van der Waals surface area contributed by atoms with E-state index in [-0.39, 0.29) is 18.1 Å². The summed E-state index contributed by atoms with van der Waals surface area (Å²) in [6, 6.07) is 7.08. The van der Waals surface area contributed by atoms with Crippen LogP contribution in [0.3, 0.4) is 0 Å². The molecule has 0 bridgehead atoms. The highest BCUT2D eigenvalue weighted by atomic mass is 16.5. The van der Waals surface area contributed by atoms with Crippen molar-refractivity contribution < 1.29 is 14.3 Å². The minimum atomic E-state index is -0.271. The fourth-order valence-electron chi connectivity index (χ4n) is 2.92. The molecule has 1 fully saturated rings. The van der Waals surface area contributed by atoms with Crippen molar-refractivity contribution in [1.29, 1.82) is 0 Å². The summed E-state index contributed by atoms with van der Waals surface area (Å²) in [4.78, 5) is 21.1. The second kappa shape index (κ2) is 7.09. The Kier molecular flexibility index (Phi) is 4.49. The van der Waals surface area contributed by atoms with E-state index >= 15 is 0 Å². The molecule has 0 unspecified atom stereocenters. The number of imidazole rings is 1. The van der Waals surface area contributed by atoms with E-state index in [1.807, 2.05) is 19.1 Å². The van der Waals surface area contributed by atoms with Gasteiger partial charge in [-0.1, -0.05) is 0 Å². The smallest absolute Gasteiger partial charge is 0.272 e. The summed E-state index contributed by atoms with van der Waals surface area (Å²) in [5.41, 5.74) is 1.92. The van der Waals surface area contributed by atoms with E-state index in [0.717, 1.165) is 5.69 Å². The van der Waals surface area contributed by atoms with E-state index in [2.05, 4.69) is 20.4 Å². The van der Waals surface area contributed by atoms with Crippen molar-refractivity contribution in [3.63, 3.8) is 0 Å². The van der Waals surface area contributed by atoms with Gasteiger partial charge >= 0.3 is 0 Å². The number of aromatic nitrogens is 4. The summed E-state index contributed by atoms with van der Waals surface area (Å²) in [7, 11) is 0. The van der Waals surface area contributed by atoms with Crippen molar-refractivity contribution in [2.24, 2.45) is 0 Å². The number of rotatable bonds is 4. The molecule has 8 heteroatoms. The van der Waals surface area contributed by atoms with E-state index in [0.29, 0.717) is 36.7 Å². The number of nitrogens with one attached hydrogen (secondary N) is 1.